The number of allylic oxidation sites excluding steroid dienone is 1. The minimum atomic E-state index is -0.420. The first kappa shape index (κ1) is 22.8. The van der Waals surface area contributed by atoms with Crippen molar-refractivity contribution in [3.05, 3.63) is 41.5 Å². The lowest BCUT2D eigenvalue weighted by atomic mass is 9.49. The average molecular weight is 431 g/mol. The second kappa shape index (κ2) is 10.0. The SMILES string of the molecule is COc1ccc([C@H](C[NH2+]C[C@@H](O)COCC2=CC[C@@H]3C[C@H]2C3(C)C)[NH+]2CCCC2)cc1. The molecule has 0 spiro atoms. The summed E-state index contributed by atoms with van der Waals surface area (Å²) in [4.78, 5) is 1.66. The largest absolute Gasteiger partial charge is 0.497 e. The van der Waals surface area contributed by atoms with E-state index in [0.29, 0.717) is 37.1 Å². The topological polar surface area (TPSA) is 59.7 Å². The minimum absolute atomic E-state index is 0.420. The van der Waals surface area contributed by atoms with Crippen molar-refractivity contribution >= 4 is 0 Å². The molecule has 5 nitrogen and oxygen atoms in total. The van der Waals surface area contributed by atoms with Crippen LogP contribution in [-0.2, 0) is 4.74 Å². The van der Waals surface area contributed by atoms with Crippen molar-refractivity contribution in [2.24, 2.45) is 17.3 Å². The fourth-order valence-electron chi connectivity index (χ4n) is 6.03. The molecule has 4 N–H and O–H groups in total. The van der Waals surface area contributed by atoms with Gasteiger partial charge in [-0.1, -0.05) is 19.9 Å². The molecule has 1 aliphatic heterocycles. The molecule has 0 radical (unpaired) electrons. The zero-order valence-corrected chi connectivity index (χ0v) is 19.6. The van der Waals surface area contributed by atoms with E-state index in [1.165, 1.54) is 49.9 Å². The Balaban J connectivity index is 1.21. The lowest BCUT2D eigenvalue weighted by Gasteiger charge is -2.56. The molecule has 1 aromatic carbocycles. The molecular formula is C26H42N2O3+2. The number of nitrogens with two attached hydrogens (primary N) is 1. The number of ether oxygens (including phenoxy) is 2. The number of aliphatic hydroxyl groups is 1. The summed E-state index contributed by atoms with van der Waals surface area (Å²) in [5, 5.41) is 12.7. The standard InChI is InChI=1S/C26H40N2O3/c1-26(2)21-9-6-20(24(26)14-21)17-31-18-22(29)15-27-16-25(28-12-4-5-13-28)19-7-10-23(30-3)11-8-19/h6-8,10-11,21-22,24-25,27,29H,4-5,9,12-18H2,1-3H3/p+2/t21-,22-,24-,25+/m1/s1. The van der Waals surface area contributed by atoms with Crippen molar-refractivity contribution in [2.45, 2.75) is 51.7 Å². The number of fused-ring (bicyclic) bond motifs is 1. The minimum Gasteiger partial charge on any atom is -0.497 e. The number of rotatable bonds is 11. The number of quaternary nitrogens is 2. The van der Waals surface area contributed by atoms with Crippen LogP contribution in [0.1, 0.15) is 51.1 Å². The molecule has 31 heavy (non-hydrogen) atoms. The highest BCUT2D eigenvalue weighted by Gasteiger charge is 2.50. The smallest absolute Gasteiger partial charge is 0.163 e. The maximum absolute atomic E-state index is 10.5. The predicted octanol–water partition coefficient (Wildman–Crippen LogP) is 1.35. The van der Waals surface area contributed by atoms with Crippen LogP contribution in [-0.4, -0.2) is 57.7 Å². The highest BCUT2D eigenvalue weighted by molar-refractivity contribution is 5.28. The Morgan fingerprint density at radius 2 is 1.90 bits per heavy atom. The van der Waals surface area contributed by atoms with E-state index < -0.39 is 6.10 Å². The summed E-state index contributed by atoms with van der Waals surface area (Å²) in [5.74, 6) is 2.45. The van der Waals surface area contributed by atoms with Crippen LogP contribution in [0.5, 0.6) is 5.75 Å². The van der Waals surface area contributed by atoms with E-state index in [9.17, 15) is 5.11 Å². The zero-order chi connectivity index (χ0) is 21.8. The molecule has 2 bridgehead atoms. The van der Waals surface area contributed by atoms with E-state index in [4.69, 9.17) is 9.47 Å². The van der Waals surface area contributed by atoms with E-state index >= 15 is 0 Å². The second-order valence-corrected chi connectivity index (χ2v) is 10.4. The van der Waals surface area contributed by atoms with Gasteiger partial charge in [0.15, 0.2) is 6.04 Å². The van der Waals surface area contributed by atoms with Crippen molar-refractivity contribution in [1.29, 1.82) is 0 Å². The third kappa shape index (κ3) is 5.16. The van der Waals surface area contributed by atoms with Crippen LogP contribution in [0.15, 0.2) is 35.9 Å². The Morgan fingerprint density at radius 3 is 2.55 bits per heavy atom. The Morgan fingerprint density at radius 1 is 1.16 bits per heavy atom. The molecule has 4 aliphatic rings. The Bertz CT molecular complexity index is 740. The lowest BCUT2D eigenvalue weighted by Crippen LogP contribution is -3.13. The number of likely N-dealkylation sites (tertiary alicyclic amines) is 1. The van der Waals surface area contributed by atoms with Crippen LogP contribution < -0.4 is 15.0 Å². The highest BCUT2D eigenvalue weighted by atomic mass is 16.5. The maximum Gasteiger partial charge on any atom is 0.163 e. The van der Waals surface area contributed by atoms with Gasteiger partial charge in [0.05, 0.1) is 33.4 Å². The Labute approximate surface area is 187 Å². The summed E-state index contributed by atoms with van der Waals surface area (Å²) in [6.45, 7) is 10.1. The van der Waals surface area contributed by atoms with Gasteiger partial charge in [0.1, 0.15) is 24.9 Å². The molecule has 1 heterocycles. The summed E-state index contributed by atoms with van der Waals surface area (Å²) in [7, 11) is 1.71. The monoisotopic (exact) mass is 430 g/mol. The normalized spacial score (nSPS) is 26.8. The number of aliphatic hydroxyl groups excluding tert-OH is 1. The fourth-order valence-corrected chi connectivity index (χ4v) is 6.03. The molecule has 2 fully saturated rings. The lowest BCUT2D eigenvalue weighted by molar-refractivity contribution is -0.934. The van der Waals surface area contributed by atoms with Gasteiger partial charge >= 0.3 is 0 Å². The number of hydrogen-bond donors (Lipinski definition) is 3. The van der Waals surface area contributed by atoms with E-state index in [2.05, 4.69) is 49.5 Å². The predicted molar refractivity (Wildman–Crippen MR) is 122 cm³/mol. The number of nitrogens with one attached hydrogen (secondary N) is 1. The molecule has 5 rings (SSSR count). The second-order valence-electron chi connectivity index (χ2n) is 10.4. The fraction of sp³-hybridized carbons (Fsp3) is 0.692. The van der Waals surface area contributed by atoms with Crippen LogP contribution in [0, 0.1) is 17.3 Å². The molecule has 1 aromatic rings. The van der Waals surface area contributed by atoms with Crippen LogP contribution >= 0.6 is 0 Å². The van der Waals surface area contributed by atoms with Crippen LogP contribution in [0.4, 0.5) is 0 Å². The maximum atomic E-state index is 10.5. The summed E-state index contributed by atoms with van der Waals surface area (Å²) < 4.78 is 11.3. The molecule has 0 aromatic heterocycles. The molecule has 1 saturated carbocycles. The Hall–Kier alpha value is -1.40. The third-order valence-electron chi connectivity index (χ3n) is 8.26. The molecule has 5 heteroatoms. The van der Waals surface area contributed by atoms with E-state index in [-0.39, 0.29) is 0 Å². The number of benzene rings is 1. The average Bonchev–Trinajstić information content (AvgIpc) is 3.31. The Kier molecular flexibility index (Phi) is 7.37. The van der Waals surface area contributed by atoms with Crippen LogP contribution in [0.25, 0.3) is 0 Å². The summed E-state index contributed by atoms with van der Waals surface area (Å²) >= 11 is 0. The third-order valence-corrected chi connectivity index (χ3v) is 8.26. The van der Waals surface area contributed by atoms with Gasteiger partial charge in [-0.2, -0.15) is 0 Å². The van der Waals surface area contributed by atoms with Crippen molar-refractivity contribution in [3.63, 3.8) is 0 Å². The van der Waals surface area contributed by atoms with Crippen molar-refractivity contribution in [2.75, 3.05) is 46.5 Å². The highest BCUT2D eigenvalue weighted by Crippen LogP contribution is 2.59. The summed E-state index contributed by atoms with van der Waals surface area (Å²) in [5.41, 5.74) is 3.26. The van der Waals surface area contributed by atoms with Crippen molar-refractivity contribution in [3.8, 4) is 5.75 Å². The van der Waals surface area contributed by atoms with Gasteiger partial charge in [-0.3, -0.25) is 0 Å². The van der Waals surface area contributed by atoms with Crippen LogP contribution in [0.2, 0.25) is 0 Å². The molecule has 0 unspecified atom stereocenters. The first-order valence-corrected chi connectivity index (χ1v) is 12.2. The first-order chi connectivity index (χ1) is 15.0. The zero-order valence-electron chi connectivity index (χ0n) is 19.6. The molecular weight excluding hydrogens is 388 g/mol. The number of hydrogen-bond acceptors (Lipinski definition) is 3. The molecule has 3 aliphatic carbocycles. The molecule has 0 amide bonds. The van der Waals surface area contributed by atoms with Gasteiger partial charge in [0, 0.05) is 18.4 Å². The van der Waals surface area contributed by atoms with Gasteiger partial charge in [-0.25, -0.2) is 0 Å². The van der Waals surface area contributed by atoms with E-state index in [1.54, 1.807) is 12.0 Å². The van der Waals surface area contributed by atoms with Crippen LogP contribution in [0.3, 0.4) is 0 Å². The van der Waals surface area contributed by atoms with E-state index in [1.807, 2.05) is 0 Å². The van der Waals surface area contributed by atoms with Gasteiger partial charge in [-0.15, -0.1) is 0 Å². The first-order valence-electron chi connectivity index (χ1n) is 12.2. The van der Waals surface area contributed by atoms with Crippen molar-refractivity contribution in [1.82, 2.24) is 0 Å². The molecule has 4 atom stereocenters. The van der Waals surface area contributed by atoms with Gasteiger partial charge in [0.2, 0.25) is 0 Å². The van der Waals surface area contributed by atoms with Gasteiger partial charge in [-0.05, 0) is 59.9 Å². The van der Waals surface area contributed by atoms with E-state index in [0.717, 1.165) is 18.2 Å². The number of methoxy groups -OCH3 is 1. The van der Waals surface area contributed by atoms with Gasteiger partial charge in [0.25, 0.3) is 0 Å². The summed E-state index contributed by atoms with van der Waals surface area (Å²) in [6.07, 6.45) is 7.12. The molecule has 1 saturated heterocycles. The summed E-state index contributed by atoms with van der Waals surface area (Å²) in [6, 6.07) is 8.99. The van der Waals surface area contributed by atoms with Crippen molar-refractivity contribution < 1.29 is 24.8 Å². The molecule has 172 valence electrons. The van der Waals surface area contributed by atoms with Gasteiger partial charge < -0.3 is 24.8 Å². The quantitative estimate of drug-likeness (QED) is 0.465.